The molecule has 3 rings (SSSR count). The molecule has 130 valence electrons. The van der Waals surface area contributed by atoms with Crippen LogP contribution in [0.1, 0.15) is 30.5 Å². The number of nitrogens with zero attached hydrogens (tertiary/aromatic N) is 3. The molecule has 0 aliphatic carbocycles. The van der Waals surface area contributed by atoms with Gasteiger partial charge in [0.05, 0.1) is 11.8 Å². The number of hydrogen-bond acceptors (Lipinski definition) is 4. The van der Waals surface area contributed by atoms with E-state index >= 15 is 0 Å². The summed E-state index contributed by atoms with van der Waals surface area (Å²) < 4.78 is 27.2. The number of amides is 1. The Kier molecular flexibility index (Phi) is 4.74. The van der Waals surface area contributed by atoms with Crippen molar-refractivity contribution in [2.75, 3.05) is 7.05 Å². The number of aromatic nitrogens is 1. The molecular weight excluding hydrogens is 328 g/mol. The second kappa shape index (κ2) is 6.96. The van der Waals surface area contributed by atoms with Gasteiger partial charge in [0.15, 0.2) is 0 Å². The second-order valence-electron chi connectivity index (χ2n) is 5.87. The van der Waals surface area contributed by atoms with E-state index in [4.69, 9.17) is 4.84 Å². The van der Waals surface area contributed by atoms with Crippen LogP contribution in [0.5, 0.6) is 0 Å². The number of benzene rings is 1. The Morgan fingerprint density at radius 2 is 2.16 bits per heavy atom. The highest BCUT2D eigenvalue weighted by Crippen LogP contribution is 2.24. The van der Waals surface area contributed by atoms with Crippen molar-refractivity contribution < 1.29 is 18.4 Å². The molecule has 2 heterocycles. The number of carbonyl (C=O) groups is 1. The summed E-state index contributed by atoms with van der Waals surface area (Å²) in [5, 5.41) is 3.78. The molecule has 0 N–H and O–H groups in total. The molecule has 2 unspecified atom stereocenters. The van der Waals surface area contributed by atoms with Crippen LogP contribution in [-0.2, 0) is 9.63 Å². The van der Waals surface area contributed by atoms with Gasteiger partial charge in [0.2, 0.25) is 6.10 Å². The monoisotopic (exact) mass is 345 g/mol. The number of rotatable bonds is 4. The van der Waals surface area contributed by atoms with E-state index in [0.717, 1.165) is 23.8 Å². The number of carbonyl (C=O) groups excluding carboxylic acids is 1. The van der Waals surface area contributed by atoms with E-state index in [1.807, 2.05) is 13.0 Å². The smallest absolute Gasteiger partial charge is 0.267 e. The minimum atomic E-state index is -0.859. The van der Waals surface area contributed by atoms with E-state index in [1.54, 1.807) is 25.5 Å². The van der Waals surface area contributed by atoms with Crippen molar-refractivity contribution in [1.29, 1.82) is 0 Å². The molecule has 25 heavy (non-hydrogen) atoms. The first-order valence-corrected chi connectivity index (χ1v) is 7.82. The number of likely N-dealkylation sites (N-methyl/N-ethyl adjacent to an activating group) is 1. The minimum Gasteiger partial charge on any atom is -0.382 e. The van der Waals surface area contributed by atoms with Crippen LogP contribution in [0, 0.1) is 11.6 Å². The number of oxime groups is 1. The SMILES string of the molecule is CC(c1cccnc1)N(C)C(=O)C1CC(c2cc(F)ccc2F)=NO1. The summed E-state index contributed by atoms with van der Waals surface area (Å²) in [7, 11) is 1.66. The molecule has 0 bridgehead atoms. The molecule has 0 saturated heterocycles. The Hall–Kier alpha value is -2.83. The van der Waals surface area contributed by atoms with Crippen LogP contribution in [0.2, 0.25) is 0 Å². The molecule has 7 heteroatoms. The predicted molar refractivity (Wildman–Crippen MR) is 87.8 cm³/mol. The second-order valence-corrected chi connectivity index (χ2v) is 5.87. The van der Waals surface area contributed by atoms with Gasteiger partial charge >= 0.3 is 0 Å². The summed E-state index contributed by atoms with van der Waals surface area (Å²) in [5.41, 5.74) is 1.12. The number of pyridine rings is 1. The van der Waals surface area contributed by atoms with E-state index in [2.05, 4.69) is 10.1 Å². The summed E-state index contributed by atoms with van der Waals surface area (Å²) in [6.07, 6.45) is 2.57. The van der Waals surface area contributed by atoms with E-state index in [-0.39, 0.29) is 29.6 Å². The lowest BCUT2D eigenvalue weighted by atomic mass is 10.0. The molecule has 0 spiro atoms. The Labute approximate surface area is 143 Å². The average Bonchev–Trinajstić information content (AvgIpc) is 3.12. The molecule has 1 aliphatic heterocycles. The molecule has 1 aromatic carbocycles. The van der Waals surface area contributed by atoms with E-state index < -0.39 is 17.7 Å². The molecule has 1 aromatic heterocycles. The number of hydrogen-bond donors (Lipinski definition) is 0. The lowest BCUT2D eigenvalue weighted by molar-refractivity contribution is -0.142. The highest BCUT2D eigenvalue weighted by molar-refractivity contribution is 6.04. The summed E-state index contributed by atoms with van der Waals surface area (Å²) in [4.78, 5) is 23.4. The predicted octanol–water partition coefficient (Wildman–Crippen LogP) is 3.07. The van der Waals surface area contributed by atoms with Gasteiger partial charge in [-0.3, -0.25) is 9.78 Å². The summed E-state index contributed by atoms with van der Waals surface area (Å²) in [5.74, 6) is -1.46. The Bertz CT molecular complexity index is 811. The fraction of sp³-hybridized carbons (Fsp3) is 0.278. The fourth-order valence-electron chi connectivity index (χ4n) is 2.65. The van der Waals surface area contributed by atoms with Crippen molar-refractivity contribution in [1.82, 2.24) is 9.88 Å². The van der Waals surface area contributed by atoms with Crippen molar-refractivity contribution in [2.24, 2.45) is 5.16 Å². The normalized spacial score (nSPS) is 17.6. The van der Waals surface area contributed by atoms with Gasteiger partial charge in [-0.2, -0.15) is 0 Å². The molecule has 1 amide bonds. The summed E-state index contributed by atoms with van der Waals surface area (Å²) >= 11 is 0. The fourth-order valence-corrected chi connectivity index (χ4v) is 2.65. The van der Waals surface area contributed by atoms with Gasteiger partial charge in [0.25, 0.3) is 5.91 Å². The molecule has 0 fully saturated rings. The maximum atomic E-state index is 13.9. The van der Waals surface area contributed by atoms with Crippen molar-refractivity contribution in [2.45, 2.75) is 25.5 Å². The molecule has 5 nitrogen and oxygen atoms in total. The van der Waals surface area contributed by atoms with E-state index in [9.17, 15) is 13.6 Å². The van der Waals surface area contributed by atoms with Crippen LogP contribution >= 0.6 is 0 Å². The van der Waals surface area contributed by atoms with Crippen LogP contribution < -0.4 is 0 Å². The molecule has 0 radical (unpaired) electrons. The van der Waals surface area contributed by atoms with Crippen LogP contribution in [0.15, 0.2) is 47.9 Å². The molecule has 2 atom stereocenters. The van der Waals surface area contributed by atoms with Gasteiger partial charge < -0.3 is 9.74 Å². The van der Waals surface area contributed by atoms with Crippen LogP contribution in [-0.4, -0.2) is 34.7 Å². The van der Waals surface area contributed by atoms with Crippen LogP contribution in [0.3, 0.4) is 0 Å². The molecule has 0 saturated carbocycles. The van der Waals surface area contributed by atoms with Crippen molar-refractivity contribution >= 4 is 11.6 Å². The van der Waals surface area contributed by atoms with Crippen molar-refractivity contribution in [3.05, 3.63) is 65.5 Å². The average molecular weight is 345 g/mol. The maximum Gasteiger partial charge on any atom is 0.267 e. The lowest BCUT2D eigenvalue weighted by Gasteiger charge is -2.26. The van der Waals surface area contributed by atoms with E-state index in [1.165, 1.54) is 4.90 Å². The third-order valence-corrected chi connectivity index (χ3v) is 4.28. The third-order valence-electron chi connectivity index (χ3n) is 4.28. The Morgan fingerprint density at radius 1 is 1.36 bits per heavy atom. The van der Waals surface area contributed by atoms with Gasteiger partial charge in [0.1, 0.15) is 11.6 Å². The molecular formula is C18H17F2N3O2. The van der Waals surface area contributed by atoms with Gasteiger partial charge in [0, 0.05) is 31.4 Å². The minimum absolute atomic E-state index is 0.0123. The first-order chi connectivity index (χ1) is 12.0. The van der Waals surface area contributed by atoms with Crippen molar-refractivity contribution in [3.63, 3.8) is 0 Å². The highest BCUT2D eigenvalue weighted by Gasteiger charge is 2.33. The zero-order chi connectivity index (χ0) is 18.0. The molecule has 1 aliphatic rings. The summed E-state index contributed by atoms with van der Waals surface area (Å²) in [6.45, 7) is 1.87. The zero-order valence-electron chi connectivity index (χ0n) is 13.8. The molecule has 2 aromatic rings. The van der Waals surface area contributed by atoms with Gasteiger partial charge in [-0.15, -0.1) is 0 Å². The standard InChI is InChI=1S/C18H17F2N3O2/c1-11(12-4-3-7-21-10-12)23(2)18(24)17-9-16(22-25-17)14-8-13(19)5-6-15(14)20/h3-8,10-11,17H,9H2,1-2H3. The van der Waals surface area contributed by atoms with E-state index in [0.29, 0.717) is 0 Å². The maximum absolute atomic E-state index is 13.9. The zero-order valence-corrected chi connectivity index (χ0v) is 13.8. The highest BCUT2D eigenvalue weighted by atomic mass is 19.1. The lowest BCUT2D eigenvalue weighted by Crippen LogP contribution is -2.38. The first kappa shape index (κ1) is 17.0. The van der Waals surface area contributed by atoms with Gasteiger partial charge in [-0.25, -0.2) is 8.78 Å². The Balaban J connectivity index is 1.70. The number of halogens is 2. The van der Waals surface area contributed by atoms with Crippen molar-refractivity contribution in [3.8, 4) is 0 Å². The summed E-state index contributed by atoms with van der Waals surface area (Å²) in [6, 6.07) is 6.57. The van der Waals surface area contributed by atoms with Gasteiger partial charge in [-0.05, 0) is 36.8 Å². The largest absolute Gasteiger partial charge is 0.382 e. The third kappa shape index (κ3) is 3.50. The topological polar surface area (TPSA) is 54.8 Å². The van der Waals surface area contributed by atoms with Crippen LogP contribution in [0.25, 0.3) is 0 Å². The van der Waals surface area contributed by atoms with Gasteiger partial charge in [-0.1, -0.05) is 11.2 Å². The quantitative estimate of drug-likeness (QED) is 0.856. The van der Waals surface area contributed by atoms with Crippen LogP contribution in [0.4, 0.5) is 8.78 Å². The first-order valence-electron chi connectivity index (χ1n) is 7.82. The Morgan fingerprint density at radius 3 is 2.88 bits per heavy atom.